The molecule has 0 rings (SSSR count). The molecule has 0 aliphatic carbocycles. The zero-order valence-corrected chi connectivity index (χ0v) is 7.13. The van der Waals surface area contributed by atoms with Crippen LogP contribution in [0.5, 0.6) is 0 Å². The molecule has 0 heterocycles. The van der Waals surface area contributed by atoms with Crippen LogP contribution in [0.15, 0.2) is 0 Å². The second kappa shape index (κ2) is 9.93. The van der Waals surface area contributed by atoms with E-state index in [9.17, 15) is 9.59 Å². The maximum atomic E-state index is 10.5. The molecular formula is C6H12F3NO2. The van der Waals surface area contributed by atoms with Gasteiger partial charge in [0.15, 0.2) is 0 Å². The minimum absolute atomic E-state index is 0. The molecule has 0 saturated heterocycles. The molecule has 0 aliphatic rings. The lowest BCUT2D eigenvalue weighted by atomic mass is 10.5. The van der Waals surface area contributed by atoms with Crippen LogP contribution in [0, 0.1) is 0 Å². The van der Waals surface area contributed by atoms with Crippen molar-refractivity contribution in [1.29, 1.82) is 0 Å². The average Bonchev–Trinajstić information content (AvgIpc) is 1.91. The molecule has 0 aromatic carbocycles. The van der Waals surface area contributed by atoms with E-state index in [0.29, 0.717) is 6.54 Å². The maximum absolute atomic E-state index is 10.5. The largest absolute Gasteiger partial charge is 0.283 e. The van der Waals surface area contributed by atoms with E-state index >= 15 is 0 Å². The molecule has 3 nitrogen and oxygen atoms in total. The summed E-state index contributed by atoms with van der Waals surface area (Å²) in [5.74, 6) is -0.380. The van der Waals surface area contributed by atoms with Crippen molar-refractivity contribution in [3.05, 3.63) is 0 Å². The third-order valence-electron chi connectivity index (χ3n) is 1.08. The van der Waals surface area contributed by atoms with E-state index in [1.807, 2.05) is 0 Å². The van der Waals surface area contributed by atoms with Crippen molar-refractivity contribution >= 4 is 11.8 Å². The van der Waals surface area contributed by atoms with Crippen molar-refractivity contribution < 1.29 is 23.4 Å². The van der Waals surface area contributed by atoms with Crippen LogP contribution in [0.4, 0.5) is 13.9 Å². The first-order chi connectivity index (χ1) is 5.09. The van der Waals surface area contributed by atoms with Gasteiger partial charge in [-0.3, -0.25) is 19.2 Å². The Kier molecular flexibility index (Phi) is 14.2. The predicted octanol–water partition coefficient (Wildman–Crippen LogP) is 1.39. The summed E-state index contributed by atoms with van der Waals surface area (Å²) in [5, 5.41) is 0. The van der Waals surface area contributed by atoms with Crippen molar-refractivity contribution in [3.63, 3.8) is 0 Å². The second-order valence-corrected chi connectivity index (χ2v) is 1.78. The fourth-order valence-electron chi connectivity index (χ4n) is 0.667. The summed E-state index contributed by atoms with van der Waals surface area (Å²) >= 11 is 0. The van der Waals surface area contributed by atoms with Crippen molar-refractivity contribution in [2.24, 2.45) is 0 Å². The van der Waals surface area contributed by atoms with Crippen LogP contribution in [0.3, 0.4) is 0 Å². The number of rotatable bonds is 1. The smallest absolute Gasteiger partial charge is 0.226 e. The first kappa shape index (κ1) is 17.1. The minimum Gasteiger partial charge on any atom is -0.283 e. The van der Waals surface area contributed by atoms with E-state index in [4.69, 9.17) is 9.15 Å². The van der Waals surface area contributed by atoms with Crippen LogP contribution in [-0.4, -0.2) is 23.3 Å². The number of amides is 2. The van der Waals surface area contributed by atoms with Gasteiger partial charge in [-0.15, -0.1) is 0 Å². The van der Waals surface area contributed by atoms with Crippen molar-refractivity contribution in [3.8, 4) is 0 Å². The van der Waals surface area contributed by atoms with Crippen LogP contribution < -0.4 is 0 Å². The molecule has 0 aromatic heterocycles. The molecule has 0 atom stereocenters. The lowest BCUT2D eigenvalue weighted by Crippen LogP contribution is -2.32. The molecule has 74 valence electrons. The van der Waals surface area contributed by atoms with Gasteiger partial charge in [0.1, 0.15) is 0 Å². The average molecular weight is 187 g/mol. The minimum atomic E-state index is -0.190. The molecule has 0 unspecified atom stereocenters. The first-order valence-electron chi connectivity index (χ1n) is 3.02. The fraction of sp³-hybridized carbons (Fsp3) is 0.667. The van der Waals surface area contributed by atoms with Gasteiger partial charge in [-0.2, -0.15) is 0 Å². The predicted molar refractivity (Wildman–Crippen MR) is 38.5 cm³/mol. The van der Waals surface area contributed by atoms with Gasteiger partial charge in [0.25, 0.3) is 0 Å². The van der Waals surface area contributed by atoms with Crippen LogP contribution in [0.1, 0.15) is 20.8 Å². The standard InChI is InChI=1S/C6H11NO2.F2.FH/c1-4-7(5(2)8)6(3)9;1-2;/h4H2,1-3H3;;1H. The van der Waals surface area contributed by atoms with Gasteiger partial charge in [0.05, 0.1) is 0 Å². The number of halogens is 3. The van der Waals surface area contributed by atoms with Crippen LogP contribution in [0.25, 0.3) is 0 Å². The van der Waals surface area contributed by atoms with Gasteiger partial charge in [-0.1, -0.05) is 0 Å². The van der Waals surface area contributed by atoms with E-state index in [2.05, 4.69) is 0 Å². The van der Waals surface area contributed by atoms with E-state index in [-0.39, 0.29) is 16.5 Å². The van der Waals surface area contributed by atoms with Gasteiger partial charge >= 0.3 is 0 Å². The lowest BCUT2D eigenvalue weighted by Gasteiger charge is -2.12. The molecule has 0 spiro atoms. The Labute approximate surface area is 68.6 Å². The number of hydrogen-bond donors (Lipinski definition) is 0. The zero-order valence-electron chi connectivity index (χ0n) is 7.13. The summed E-state index contributed by atoms with van der Waals surface area (Å²) in [7, 11) is 0. The fourth-order valence-corrected chi connectivity index (χ4v) is 0.667. The van der Waals surface area contributed by atoms with Gasteiger partial charge in [-0.05, 0) is 6.92 Å². The van der Waals surface area contributed by atoms with Gasteiger partial charge in [0.2, 0.25) is 11.8 Å². The first-order valence-corrected chi connectivity index (χ1v) is 3.02. The molecule has 0 fully saturated rings. The van der Waals surface area contributed by atoms with Gasteiger partial charge < -0.3 is 0 Å². The molecular weight excluding hydrogens is 175 g/mol. The molecule has 0 aromatic rings. The summed E-state index contributed by atoms with van der Waals surface area (Å²) in [6.45, 7) is 4.99. The highest BCUT2D eigenvalue weighted by Gasteiger charge is 2.08. The van der Waals surface area contributed by atoms with E-state index in [0.717, 1.165) is 0 Å². The Hall–Kier alpha value is -1.07. The van der Waals surface area contributed by atoms with Gasteiger partial charge in [-0.25, -0.2) is 0 Å². The zero-order chi connectivity index (χ0) is 9.44. The summed E-state index contributed by atoms with van der Waals surface area (Å²) in [6, 6.07) is 0. The highest BCUT2D eigenvalue weighted by atomic mass is 20.0. The van der Waals surface area contributed by atoms with E-state index in [1.165, 1.54) is 18.7 Å². The third kappa shape index (κ3) is 7.04. The quantitative estimate of drug-likeness (QED) is 0.622. The Morgan fingerprint density at radius 2 is 1.42 bits per heavy atom. The van der Waals surface area contributed by atoms with Crippen molar-refractivity contribution in [2.45, 2.75) is 20.8 Å². The summed E-state index contributed by atoms with van der Waals surface area (Å²) in [4.78, 5) is 22.2. The molecule has 12 heavy (non-hydrogen) atoms. The Morgan fingerprint density at radius 3 is 1.42 bits per heavy atom. The molecule has 2 amide bonds. The number of nitrogens with zero attached hydrogens (tertiary/aromatic N) is 1. The molecule has 0 aliphatic heterocycles. The van der Waals surface area contributed by atoms with Gasteiger partial charge in [0, 0.05) is 29.5 Å². The van der Waals surface area contributed by atoms with Crippen LogP contribution >= 0.6 is 0 Å². The maximum Gasteiger partial charge on any atom is 0.226 e. The van der Waals surface area contributed by atoms with Crippen LogP contribution in [0.2, 0.25) is 0 Å². The molecule has 0 N–H and O–H groups in total. The Bertz CT molecular complexity index is 127. The normalized spacial score (nSPS) is 7.08. The van der Waals surface area contributed by atoms with E-state index < -0.39 is 0 Å². The second-order valence-electron chi connectivity index (χ2n) is 1.78. The highest BCUT2D eigenvalue weighted by molar-refractivity contribution is 5.92. The number of imide groups is 1. The van der Waals surface area contributed by atoms with Crippen molar-refractivity contribution in [2.75, 3.05) is 6.54 Å². The van der Waals surface area contributed by atoms with Crippen molar-refractivity contribution in [1.82, 2.24) is 4.90 Å². The summed E-state index contributed by atoms with van der Waals surface area (Å²) < 4.78 is 16.0. The SMILES string of the molecule is CCN(C(C)=O)C(C)=O.F.FF. The monoisotopic (exact) mass is 187 g/mol. The number of hydrogen-bond acceptors (Lipinski definition) is 2. The lowest BCUT2D eigenvalue weighted by molar-refractivity contribution is -0.141. The summed E-state index contributed by atoms with van der Waals surface area (Å²) in [5.41, 5.74) is 0. The molecule has 0 radical (unpaired) electrons. The van der Waals surface area contributed by atoms with Crippen LogP contribution in [-0.2, 0) is 9.59 Å². The molecule has 0 bridgehead atoms. The Balaban J connectivity index is -0.000000249. The third-order valence-corrected chi connectivity index (χ3v) is 1.08. The number of carbonyl (C=O) groups is 2. The number of carbonyl (C=O) groups excluding carboxylic acids is 2. The summed E-state index contributed by atoms with van der Waals surface area (Å²) in [6.07, 6.45) is 0. The van der Waals surface area contributed by atoms with E-state index in [1.54, 1.807) is 6.92 Å². The molecule has 0 saturated carbocycles. The topological polar surface area (TPSA) is 37.4 Å². The molecule has 6 heteroatoms. The Morgan fingerprint density at radius 1 is 1.17 bits per heavy atom. The highest BCUT2D eigenvalue weighted by Crippen LogP contribution is 1.87.